The summed E-state index contributed by atoms with van der Waals surface area (Å²) in [7, 11) is 1.90. The lowest BCUT2D eigenvalue weighted by Gasteiger charge is -2.10. The Morgan fingerprint density at radius 2 is 1.67 bits per heavy atom. The van der Waals surface area contributed by atoms with E-state index >= 15 is 0 Å². The molecule has 0 atom stereocenters. The molecule has 234 valence electrons. The molecular weight excluding hydrogens is 578 g/mol. The maximum Gasteiger partial charge on any atom is 0.355 e. The number of hydrogen-bond acceptors (Lipinski definition) is 6. The fraction of sp³-hybridized carbons (Fsp3) is 0.237. The fourth-order valence-electron chi connectivity index (χ4n) is 5.96. The number of ketones is 1. The summed E-state index contributed by atoms with van der Waals surface area (Å²) < 4.78 is 19.6. The minimum atomic E-state index is -0.383. The van der Waals surface area contributed by atoms with Crippen molar-refractivity contribution in [2.45, 2.75) is 40.2 Å². The molecule has 1 N–H and O–H groups in total. The molecule has 0 saturated carbocycles. The molecule has 46 heavy (non-hydrogen) atoms. The lowest BCUT2D eigenvalue weighted by molar-refractivity contribution is 0.0519. The zero-order valence-electron chi connectivity index (χ0n) is 26.6. The SMILES string of the molecule is CCOC(=O)c1[nH]c2c(-c3c(COc4cccc(C(C)=O)c4)nn(C)c3C)cccc2c1CCCOc1cccc2ccccc12. The van der Waals surface area contributed by atoms with Crippen molar-refractivity contribution in [1.29, 1.82) is 0 Å². The van der Waals surface area contributed by atoms with Gasteiger partial charge >= 0.3 is 5.97 Å². The van der Waals surface area contributed by atoms with Crippen LogP contribution in [-0.2, 0) is 24.8 Å². The first-order chi connectivity index (χ1) is 22.4. The summed E-state index contributed by atoms with van der Waals surface area (Å²) in [4.78, 5) is 28.5. The van der Waals surface area contributed by atoms with E-state index in [0.717, 1.165) is 55.5 Å². The second-order valence-electron chi connectivity index (χ2n) is 11.3. The Morgan fingerprint density at radius 1 is 0.913 bits per heavy atom. The van der Waals surface area contributed by atoms with Crippen LogP contribution < -0.4 is 9.47 Å². The summed E-state index contributed by atoms with van der Waals surface area (Å²) in [6.07, 6.45) is 1.33. The van der Waals surface area contributed by atoms with Crippen molar-refractivity contribution in [2.24, 2.45) is 7.05 Å². The summed E-state index contributed by atoms with van der Waals surface area (Å²) in [5.41, 5.74) is 6.34. The number of nitrogens with one attached hydrogen (secondary N) is 1. The van der Waals surface area contributed by atoms with Gasteiger partial charge < -0.3 is 19.2 Å². The maximum atomic E-state index is 13.2. The molecule has 0 amide bonds. The number of ether oxygens (including phenoxy) is 3. The van der Waals surface area contributed by atoms with E-state index in [9.17, 15) is 9.59 Å². The van der Waals surface area contributed by atoms with E-state index in [1.165, 1.54) is 6.92 Å². The van der Waals surface area contributed by atoms with Gasteiger partial charge in [0.1, 0.15) is 29.5 Å². The third-order valence-electron chi connectivity index (χ3n) is 8.29. The van der Waals surface area contributed by atoms with Crippen molar-refractivity contribution in [3.8, 4) is 22.6 Å². The van der Waals surface area contributed by atoms with Gasteiger partial charge in [-0.2, -0.15) is 5.10 Å². The first-order valence-corrected chi connectivity index (χ1v) is 15.5. The van der Waals surface area contributed by atoms with Gasteiger partial charge in [0.2, 0.25) is 0 Å². The molecule has 6 rings (SSSR count). The highest BCUT2D eigenvalue weighted by Crippen LogP contribution is 2.36. The van der Waals surface area contributed by atoms with E-state index in [4.69, 9.17) is 19.3 Å². The molecule has 0 unspecified atom stereocenters. The number of carbonyl (C=O) groups excluding carboxylic acids is 2. The molecule has 0 aliphatic heterocycles. The van der Waals surface area contributed by atoms with E-state index in [1.54, 1.807) is 19.1 Å². The van der Waals surface area contributed by atoms with Crippen molar-refractivity contribution in [1.82, 2.24) is 14.8 Å². The van der Waals surface area contributed by atoms with Gasteiger partial charge in [-0.05, 0) is 62.8 Å². The zero-order valence-corrected chi connectivity index (χ0v) is 26.6. The quantitative estimate of drug-likeness (QED) is 0.0852. The van der Waals surface area contributed by atoms with E-state index < -0.39 is 0 Å². The molecule has 2 aromatic heterocycles. The van der Waals surface area contributed by atoms with Gasteiger partial charge in [-0.25, -0.2) is 4.79 Å². The number of rotatable bonds is 12. The number of esters is 1. The third kappa shape index (κ3) is 6.11. The molecule has 0 spiro atoms. The normalized spacial score (nSPS) is 11.2. The first-order valence-electron chi connectivity index (χ1n) is 15.5. The first kappa shape index (κ1) is 30.6. The van der Waals surface area contributed by atoms with Gasteiger partial charge in [0.25, 0.3) is 0 Å². The fourth-order valence-corrected chi connectivity index (χ4v) is 5.96. The Kier molecular flexibility index (Phi) is 8.88. The van der Waals surface area contributed by atoms with Crippen molar-refractivity contribution < 1.29 is 23.8 Å². The largest absolute Gasteiger partial charge is 0.493 e. The molecule has 8 heteroatoms. The Balaban J connectivity index is 1.31. The number of H-pyrrole nitrogens is 1. The lowest BCUT2D eigenvalue weighted by Crippen LogP contribution is -2.09. The predicted octanol–water partition coefficient (Wildman–Crippen LogP) is 8.00. The van der Waals surface area contributed by atoms with Gasteiger partial charge in [0, 0.05) is 40.2 Å². The van der Waals surface area contributed by atoms with Gasteiger partial charge in [-0.3, -0.25) is 9.48 Å². The van der Waals surface area contributed by atoms with Crippen molar-refractivity contribution in [3.63, 3.8) is 0 Å². The number of nitrogens with zero attached hydrogens (tertiary/aromatic N) is 2. The Hall–Kier alpha value is -5.37. The number of fused-ring (bicyclic) bond motifs is 2. The number of hydrogen-bond donors (Lipinski definition) is 1. The number of aromatic amines is 1. The summed E-state index contributed by atoms with van der Waals surface area (Å²) in [6, 6.07) is 27.5. The van der Waals surface area contributed by atoms with Crippen LogP contribution in [-0.4, -0.2) is 39.7 Å². The number of Topliss-reactive ketones (excluding diaryl/α,β-unsaturated/α-hetero) is 1. The van der Waals surface area contributed by atoms with Gasteiger partial charge in [0.05, 0.1) is 18.7 Å². The molecule has 8 nitrogen and oxygen atoms in total. The Labute approximate surface area is 267 Å². The van der Waals surface area contributed by atoms with Gasteiger partial charge in [-0.15, -0.1) is 0 Å². The minimum Gasteiger partial charge on any atom is -0.493 e. The summed E-state index contributed by atoms with van der Waals surface area (Å²) in [6.45, 7) is 6.34. The highest BCUT2D eigenvalue weighted by atomic mass is 16.5. The highest BCUT2D eigenvalue weighted by molar-refractivity contribution is 6.04. The molecule has 0 aliphatic carbocycles. The van der Waals surface area contributed by atoms with E-state index in [-0.39, 0.29) is 25.0 Å². The van der Waals surface area contributed by atoms with E-state index in [1.807, 2.05) is 73.3 Å². The number of carbonyl (C=O) groups is 2. The van der Waals surface area contributed by atoms with Crippen LogP contribution in [0.5, 0.6) is 11.5 Å². The molecule has 0 fully saturated rings. The molecule has 0 saturated heterocycles. The van der Waals surface area contributed by atoms with E-state index in [0.29, 0.717) is 36.5 Å². The number of benzene rings is 4. The number of para-hydroxylation sites is 1. The standard InChI is InChI=1S/C38H37N3O5/c1-5-44-38(43)37-31(19-11-21-45-34-20-9-13-26-12-6-7-16-29(26)34)30-17-10-18-32(36(30)39-37)35-24(2)41(4)40-33(35)23-46-28-15-8-14-27(22-28)25(3)42/h6-10,12-18,20,22,39H,5,11,19,21,23H2,1-4H3. The van der Waals surface area contributed by atoms with Crippen LogP contribution in [0.25, 0.3) is 32.8 Å². The van der Waals surface area contributed by atoms with Crippen molar-refractivity contribution >= 4 is 33.4 Å². The summed E-state index contributed by atoms with van der Waals surface area (Å²) >= 11 is 0. The predicted molar refractivity (Wildman–Crippen MR) is 180 cm³/mol. The second-order valence-corrected chi connectivity index (χ2v) is 11.3. The highest BCUT2D eigenvalue weighted by Gasteiger charge is 2.24. The number of aryl methyl sites for hydroxylation is 2. The molecule has 6 aromatic rings. The molecule has 4 aromatic carbocycles. The van der Waals surface area contributed by atoms with Crippen LogP contribution in [0.1, 0.15) is 58.1 Å². The van der Waals surface area contributed by atoms with Gasteiger partial charge in [-0.1, -0.05) is 66.7 Å². The van der Waals surface area contributed by atoms with Crippen LogP contribution >= 0.6 is 0 Å². The van der Waals surface area contributed by atoms with Crippen molar-refractivity contribution in [2.75, 3.05) is 13.2 Å². The third-order valence-corrected chi connectivity index (χ3v) is 8.29. The Bertz CT molecular complexity index is 2050. The topological polar surface area (TPSA) is 95.4 Å². The summed E-state index contributed by atoms with van der Waals surface area (Å²) in [5, 5.41) is 7.94. The molecule has 2 heterocycles. The maximum absolute atomic E-state index is 13.2. The van der Waals surface area contributed by atoms with Crippen LogP contribution in [0.2, 0.25) is 0 Å². The number of aromatic nitrogens is 3. The molecule has 0 bridgehead atoms. The second kappa shape index (κ2) is 13.3. The average Bonchev–Trinajstić information content (AvgIpc) is 3.58. The van der Waals surface area contributed by atoms with Crippen LogP contribution in [0, 0.1) is 6.92 Å². The van der Waals surface area contributed by atoms with E-state index in [2.05, 4.69) is 23.2 Å². The lowest BCUT2D eigenvalue weighted by atomic mass is 9.98. The Morgan fingerprint density at radius 3 is 2.50 bits per heavy atom. The summed E-state index contributed by atoms with van der Waals surface area (Å²) in [5.74, 6) is 1.04. The minimum absolute atomic E-state index is 0.0217. The van der Waals surface area contributed by atoms with Gasteiger partial charge in [0.15, 0.2) is 5.78 Å². The zero-order chi connectivity index (χ0) is 32.2. The average molecular weight is 616 g/mol. The van der Waals surface area contributed by atoms with Crippen LogP contribution in [0.15, 0.2) is 84.9 Å². The smallest absolute Gasteiger partial charge is 0.355 e. The molecular formula is C38H37N3O5. The van der Waals surface area contributed by atoms with Crippen LogP contribution in [0.3, 0.4) is 0 Å². The molecule has 0 aliphatic rings. The monoisotopic (exact) mass is 615 g/mol. The molecule has 0 radical (unpaired) electrons. The van der Waals surface area contributed by atoms with Crippen molar-refractivity contribution in [3.05, 3.63) is 113 Å². The van der Waals surface area contributed by atoms with Crippen LogP contribution in [0.4, 0.5) is 0 Å².